The van der Waals surface area contributed by atoms with Crippen LogP contribution in [-0.2, 0) is 4.79 Å². The Kier molecular flexibility index (Phi) is 10.4. The van der Waals surface area contributed by atoms with Crippen molar-refractivity contribution >= 4 is 38.0 Å². The predicted octanol–water partition coefficient (Wildman–Crippen LogP) is 6.85. The van der Waals surface area contributed by atoms with E-state index in [1.807, 2.05) is 30.3 Å². The standard InChI is InChI=1S/C26H33IN2O4/c27-22(11-4-5-12-24(30)31)20-13-15-21(16-14-20)26-29-23(18-33-26)25(32)28-17-7-6-10-19-8-2-1-3-9-19/h11,13-16,18-19H,1-10,12,17H2,(H,28,32)(H,30,31)/b22-11+. The van der Waals surface area contributed by atoms with E-state index in [0.29, 0.717) is 24.6 Å². The number of amides is 1. The van der Waals surface area contributed by atoms with Crippen LogP contribution in [0.3, 0.4) is 0 Å². The predicted molar refractivity (Wildman–Crippen MR) is 138 cm³/mol. The molecule has 0 spiro atoms. The van der Waals surface area contributed by atoms with Crippen LogP contribution in [0.2, 0.25) is 0 Å². The van der Waals surface area contributed by atoms with Gasteiger partial charge in [-0.2, -0.15) is 0 Å². The maximum absolute atomic E-state index is 12.4. The van der Waals surface area contributed by atoms with Crippen molar-refractivity contribution in [2.75, 3.05) is 6.54 Å². The number of oxazole rings is 1. The first kappa shape index (κ1) is 25.5. The van der Waals surface area contributed by atoms with Gasteiger partial charge in [0, 0.05) is 22.1 Å². The number of aromatic nitrogens is 1. The lowest BCUT2D eigenvalue weighted by Gasteiger charge is -2.21. The van der Waals surface area contributed by atoms with E-state index in [9.17, 15) is 9.59 Å². The van der Waals surface area contributed by atoms with Crippen molar-refractivity contribution in [2.45, 2.75) is 70.6 Å². The van der Waals surface area contributed by atoms with Crippen molar-refractivity contribution < 1.29 is 19.1 Å². The highest BCUT2D eigenvalue weighted by molar-refractivity contribution is 14.1. The summed E-state index contributed by atoms with van der Waals surface area (Å²) in [5.74, 6) is 0.341. The van der Waals surface area contributed by atoms with Gasteiger partial charge in [-0.25, -0.2) is 4.98 Å². The molecule has 0 radical (unpaired) electrons. The van der Waals surface area contributed by atoms with E-state index >= 15 is 0 Å². The van der Waals surface area contributed by atoms with Crippen LogP contribution < -0.4 is 5.32 Å². The van der Waals surface area contributed by atoms with Gasteiger partial charge in [0.05, 0.1) is 0 Å². The third kappa shape index (κ3) is 8.61. The Morgan fingerprint density at radius 1 is 1.12 bits per heavy atom. The molecule has 1 saturated carbocycles. The number of hydrogen-bond donors (Lipinski definition) is 2. The molecule has 0 saturated heterocycles. The SMILES string of the molecule is O=C(O)CCC/C=C(/I)c1ccc(-c2nc(C(=O)NCCCCC3CCCCC3)co2)cc1. The number of carboxylic acid groups (broad SMARTS) is 1. The number of allylic oxidation sites excluding steroid dienone is 1. The van der Waals surface area contributed by atoms with Gasteiger partial charge in [0.2, 0.25) is 5.89 Å². The van der Waals surface area contributed by atoms with Gasteiger partial charge in [0.15, 0.2) is 5.69 Å². The molecule has 1 aromatic carbocycles. The number of carbonyl (C=O) groups is 2. The van der Waals surface area contributed by atoms with E-state index in [-0.39, 0.29) is 12.3 Å². The second-order valence-electron chi connectivity index (χ2n) is 8.71. The van der Waals surface area contributed by atoms with Crippen LogP contribution in [0.1, 0.15) is 86.7 Å². The Balaban J connectivity index is 1.43. The highest BCUT2D eigenvalue weighted by Gasteiger charge is 2.15. The van der Waals surface area contributed by atoms with Gasteiger partial charge in [-0.05, 0) is 65.5 Å². The largest absolute Gasteiger partial charge is 0.481 e. The molecule has 1 fully saturated rings. The summed E-state index contributed by atoms with van der Waals surface area (Å²) >= 11 is 2.26. The summed E-state index contributed by atoms with van der Waals surface area (Å²) in [6.45, 7) is 0.666. The highest BCUT2D eigenvalue weighted by atomic mass is 127. The zero-order valence-corrected chi connectivity index (χ0v) is 21.2. The highest BCUT2D eigenvalue weighted by Crippen LogP contribution is 2.28. The molecule has 0 bridgehead atoms. The molecule has 3 rings (SSSR count). The molecular weight excluding hydrogens is 531 g/mol. The minimum Gasteiger partial charge on any atom is -0.481 e. The molecule has 1 aliphatic rings. The number of halogens is 1. The number of nitrogens with zero attached hydrogens (tertiary/aromatic N) is 1. The van der Waals surface area contributed by atoms with Crippen molar-refractivity contribution in [1.82, 2.24) is 10.3 Å². The first-order chi connectivity index (χ1) is 16.0. The molecule has 1 aromatic heterocycles. The molecule has 2 N–H and O–H groups in total. The maximum atomic E-state index is 12.4. The minimum atomic E-state index is -0.767. The first-order valence-corrected chi connectivity index (χ1v) is 13.0. The molecule has 1 amide bonds. The molecule has 6 nitrogen and oxygen atoms in total. The minimum absolute atomic E-state index is 0.180. The molecule has 1 aliphatic carbocycles. The zero-order chi connectivity index (χ0) is 23.5. The summed E-state index contributed by atoms with van der Waals surface area (Å²) in [5, 5.41) is 11.7. The Bertz CT molecular complexity index is 930. The lowest BCUT2D eigenvalue weighted by molar-refractivity contribution is -0.137. The van der Waals surface area contributed by atoms with Crippen LogP contribution >= 0.6 is 22.6 Å². The van der Waals surface area contributed by atoms with Crippen LogP contribution in [0, 0.1) is 5.92 Å². The average molecular weight is 564 g/mol. The summed E-state index contributed by atoms with van der Waals surface area (Å²) in [6, 6.07) is 7.78. The van der Waals surface area contributed by atoms with Gasteiger partial charge in [-0.3, -0.25) is 9.59 Å². The summed E-state index contributed by atoms with van der Waals surface area (Å²) in [4.78, 5) is 27.3. The summed E-state index contributed by atoms with van der Waals surface area (Å²) < 4.78 is 6.61. The third-order valence-corrected chi connectivity index (χ3v) is 7.18. The fourth-order valence-electron chi connectivity index (χ4n) is 4.21. The maximum Gasteiger partial charge on any atom is 0.303 e. The van der Waals surface area contributed by atoms with Crippen molar-refractivity contribution in [3.63, 3.8) is 0 Å². The van der Waals surface area contributed by atoms with Gasteiger partial charge < -0.3 is 14.8 Å². The van der Waals surface area contributed by atoms with Crippen molar-refractivity contribution in [3.05, 3.63) is 47.9 Å². The van der Waals surface area contributed by atoms with Crippen LogP contribution in [0.15, 0.2) is 41.0 Å². The lowest BCUT2D eigenvalue weighted by atomic mass is 9.86. The average Bonchev–Trinajstić information content (AvgIpc) is 3.32. The molecule has 7 heteroatoms. The fourth-order valence-corrected chi connectivity index (χ4v) is 4.88. The quantitative estimate of drug-likeness (QED) is 0.217. The molecular formula is C26H33IN2O4. The Morgan fingerprint density at radius 3 is 2.61 bits per heavy atom. The number of benzene rings is 1. The van der Waals surface area contributed by atoms with Gasteiger partial charge in [-0.15, -0.1) is 0 Å². The molecule has 0 aliphatic heterocycles. The first-order valence-electron chi connectivity index (χ1n) is 11.9. The van der Waals surface area contributed by atoms with Crippen LogP contribution in [-0.4, -0.2) is 28.5 Å². The van der Waals surface area contributed by atoms with E-state index in [0.717, 1.165) is 39.9 Å². The number of hydrogen-bond acceptors (Lipinski definition) is 4. The zero-order valence-electron chi connectivity index (χ0n) is 19.0. The van der Waals surface area contributed by atoms with Crippen LogP contribution in [0.5, 0.6) is 0 Å². The summed E-state index contributed by atoms with van der Waals surface area (Å²) in [6.07, 6.45) is 15.3. The number of nitrogens with one attached hydrogen (secondary N) is 1. The van der Waals surface area contributed by atoms with Crippen LogP contribution in [0.25, 0.3) is 15.0 Å². The number of carbonyl (C=O) groups excluding carboxylic acids is 1. The monoisotopic (exact) mass is 564 g/mol. The van der Waals surface area contributed by atoms with Gasteiger partial charge in [0.1, 0.15) is 6.26 Å². The Hall–Kier alpha value is -2.16. The van der Waals surface area contributed by atoms with E-state index in [2.05, 4.69) is 32.9 Å². The lowest BCUT2D eigenvalue weighted by Crippen LogP contribution is -2.24. The van der Waals surface area contributed by atoms with Gasteiger partial charge in [-0.1, -0.05) is 63.2 Å². The van der Waals surface area contributed by atoms with Crippen molar-refractivity contribution in [1.29, 1.82) is 0 Å². The number of aliphatic carboxylic acids is 1. The van der Waals surface area contributed by atoms with Gasteiger partial charge >= 0.3 is 5.97 Å². The number of carboxylic acids is 1. The van der Waals surface area contributed by atoms with E-state index < -0.39 is 5.97 Å². The fraction of sp³-hybridized carbons (Fsp3) is 0.500. The second-order valence-corrected chi connectivity index (χ2v) is 9.87. The number of unbranched alkanes of at least 4 members (excludes halogenated alkanes) is 2. The third-order valence-electron chi connectivity index (χ3n) is 6.11. The van der Waals surface area contributed by atoms with Crippen molar-refractivity contribution in [2.24, 2.45) is 5.92 Å². The summed E-state index contributed by atoms with van der Waals surface area (Å²) in [5.41, 5.74) is 2.15. The van der Waals surface area contributed by atoms with E-state index in [1.165, 1.54) is 44.8 Å². The Labute approximate surface area is 209 Å². The molecule has 0 atom stereocenters. The van der Waals surface area contributed by atoms with Crippen molar-refractivity contribution in [3.8, 4) is 11.5 Å². The van der Waals surface area contributed by atoms with Crippen LogP contribution in [0.4, 0.5) is 0 Å². The Morgan fingerprint density at radius 2 is 1.88 bits per heavy atom. The molecule has 178 valence electrons. The second kappa shape index (κ2) is 13.5. The topological polar surface area (TPSA) is 92.4 Å². The summed E-state index contributed by atoms with van der Waals surface area (Å²) in [7, 11) is 0. The normalized spacial score (nSPS) is 14.9. The number of rotatable bonds is 12. The smallest absolute Gasteiger partial charge is 0.303 e. The molecule has 1 heterocycles. The molecule has 2 aromatic rings. The van der Waals surface area contributed by atoms with E-state index in [4.69, 9.17) is 9.52 Å². The van der Waals surface area contributed by atoms with E-state index in [1.54, 1.807) is 0 Å². The van der Waals surface area contributed by atoms with Gasteiger partial charge in [0.25, 0.3) is 5.91 Å². The molecule has 33 heavy (non-hydrogen) atoms. The molecule has 0 unspecified atom stereocenters.